The normalized spacial score (nSPS) is 18.2. The molecule has 29 heavy (non-hydrogen) atoms. The van der Waals surface area contributed by atoms with Crippen molar-refractivity contribution in [3.8, 4) is 5.75 Å². The highest BCUT2D eigenvalue weighted by Crippen LogP contribution is 2.28. The number of carbonyl (C=O) groups is 2. The topological polar surface area (TPSA) is 114 Å². The first kappa shape index (κ1) is 19.3. The summed E-state index contributed by atoms with van der Waals surface area (Å²) in [5, 5.41) is 12.2. The van der Waals surface area contributed by atoms with E-state index in [1.165, 1.54) is 4.90 Å². The van der Waals surface area contributed by atoms with Crippen LogP contribution in [0.25, 0.3) is 0 Å². The van der Waals surface area contributed by atoms with E-state index < -0.39 is 0 Å². The predicted molar refractivity (Wildman–Crippen MR) is 104 cm³/mol. The number of hydrogen-bond donors (Lipinski definition) is 2. The van der Waals surface area contributed by atoms with Gasteiger partial charge in [-0.05, 0) is 30.5 Å². The van der Waals surface area contributed by atoms with Gasteiger partial charge in [0, 0.05) is 30.8 Å². The number of aldehydes is 1. The van der Waals surface area contributed by atoms with Crippen molar-refractivity contribution in [3.63, 3.8) is 0 Å². The maximum absolute atomic E-state index is 12.9. The van der Waals surface area contributed by atoms with Crippen molar-refractivity contribution in [2.45, 2.75) is 32.0 Å². The van der Waals surface area contributed by atoms with Gasteiger partial charge < -0.3 is 14.6 Å². The first-order chi connectivity index (χ1) is 14.2. The fourth-order valence-electron chi connectivity index (χ4n) is 3.51. The SMILES string of the molecule is O=Cc1nc2c(cc1CO)CCCN2C(=O)Nc1cc(O[C@@H]2CCOC2)ccn1. The highest BCUT2D eigenvalue weighted by molar-refractivity contribution is 6.01. The number of fused-ring (bicyclic) bond motifs is 1. The summed E-state index contributed by atoms with van der Waals surface area (Å²) in [6.45, 7) is 1.43. The number of aliphatic hydroxyl groups is 1. The lowest BCUT2D eigenvalue weighted by atomic mass is 10.0. The lowest BCUT2D eigenvalue weighted by Gasteiger charge is -2.29. The molecule has 9 nitrogen and oxygen atoms in total. The average molecular weight is 398 g/mol. The van der Waals surface area contributed by atoms with Crippen molar-refractivity contribution in [3.05, 3.63) is 41.2 Å². The zero-order chi connectivity index (χ0) is 20.2. The smallest absolute Gasteiger partial charge is 0.328 e. The molecule has 152 valence electrons. The highest BCUT2D eigenvalue weighted by atomic mass is 16.5. The van der Waals surface area contributed by atoms with E-state index in [0.29, 0.717) is 49.0 Å². The molecule has 4 rings (SSSR count). The average Bonchev–Trinajstić information content (AvgIpc) is 3.25. The van der Waals surface area contributed by atoms with Gasteiger partial charge in [0.1, 0.15) is 29.2 Å². The van der Waals surface area contributed by atoms with E-state index in [9.17, 15) is 14.7 Å². The number of ether oxygens (including phenoxy) is 2. The number of aliphatic hydroxyl groups excluding tert-OH is 1. The number of aromatic nitrogens is 2. The molecular weight excluding hydrogens is 376 g/mol. The maximum atomic E-state index is 12.9. The third kappa shape index (κ3) is 4.20. The van der Waals surface area contributed by atoms with Crippen molar-refractivity contribution in [1.82, 2.24) is 9.97 Å². The van der Waals surface area contributed by atoms with Crippen molar-refractivity contribution in [2.24, 2.45) is 0 Å². The molecule has 0 radical (unpaired) electrons. The number of urea groups is 1. The van der Waals surface area contributed by atoms with Gasteiger partial charge in [-0.15, -0.1) is 0 Å². The molecule has 2 aromatic heterocycles. The summed E-state index contributed by atoms with van der Waals surface area (Å²) in [5.74, 6) is 1.41. The Balaban J connectivity index is 1.52. The van der Waals surface area contributed by atoms with Gasteiger partial charge >= 0.3 is 6.03 Å². The van der Waals surface area contributed by atoms with Crippen LogP contribution in [-0.4, -0.2) is 53.3 Å². The summed E-state index contributed by atoms with van der Waals surface area (Å²) in [5.41, 5.74) is 1.42. The van der Waals surface area contributed by atoms with E-state index in [2.05, 4.69) is 15.3 Å². The molecule has 0 aromatic carbocycles. The van der Waals surface area contributed by atoms with Gasteiger partial charge in [-0.3, -0.25) is 15.0 Å². The molecule has 1 fully saturated rings. The molecule has 9 heteroatoms. The minimum atomic E-state index is -0.388. The van der Waals surface area contributed by atoms with Crippen LogP contribution in [0.1, 0.15) is 34.5 Å². The van der Waals surface area contributed by atoms with Crippen molar-refractivity contribution in [1.29, 1.82) is 0 Å². The summed E-state index contributed by atoms with van der Waals surface area (Å²) < 4.78 is 11.2. The first-order valence-corrected chi connectivity index (χ1v) is 9.55. The quantitative estimate of drug-likeness (QED) is 0.740. The Morgan fingerprint density at radius 1 is 1.45 bits per heavy atom. The van der Waals surface area contributed by atoms with E-state index in [0.717, 1.165) is 24.8 Å². The molecule has 0 spiro atoms. The number of nitrogens with zero attached hydrogens (tertiary/aromatic N) is 3. The number of anilines is 2. The van der Waals surface area contributed by atoms with E-state index in [1.54, 1.807) is 24.4 Å². The van der Waals surface area contributed by atoms with Gasteiger partial charge in [-0.25, -0.2) is 14.8 Å². The molecule has 2 aliphatic heterocycles. The van der Waals surface area contributed by atoms with Crippen molar-refractivity contribution >= 4 is 24.0 Å². The molecule has 2 aliphatic rings. The lowest BCUT2D eigenvalue weighted by Crippen LogP contribution is -2.39. The molecule has 2 amide bonds. The first-order valence-electron chi connectivity index (χ1n) is 9.55. The molecule has 4 heterocycles. The number of rotatable bonds is 5. The second-order valence-electron chi connectivity index (χ2n) is 6.96. The fraction of sp³-hybridized carbons (Fsp3) is 0.400. The van der Waals surface area contributed by atoms with Gasteiger partial charge in [-0.1, -0.05) is 0 Å². The minimum absolute atomic E-state index is 0.00149. The third-order valence-electron chi connectivity index (χ3n) is 4.96. The van der Waals surface area contributed by atoms with Crippen LogP contribution >= 0.6 is 0 Å². The lowest BCUT2D eigenvalue weighted by molar-refractivity contribution is 0.111. The van der Waals surface area contributed by atoms with Crippen molar-refractivity contribution in [2.75, 3.05) is 30.0 Å². The Morgan fingerprint density at radius 3 is 3.10 bits per heavy atom. The third-order valence-corrected chi connectivity index (χ3v) is 4.96. The second kappa shape index (κ2) is 8.54. The Bertz CT molecular complexity index is 914. The van der Waals surface area contributed by atoms with Crippen LogP contribution in [0.3, 0.4) is 0 Å². The van der Waals surface area contributed by atoms with Crippen LogP contribution in [0, 0.1) is 0 Å². The Morgan fingerprint density at radius 2 is 2.34 bits per heavy atom. The molecule has 2 N–H and O–H groups in total. The number of aryl methyl sites for hydroxylation is 1. The van der Waals surface area contributed by atoms with Crippen LogP contribution in [0.2, 0.25) is 0 Å². The highest BCUT2D eigenvalue weighted by Gasteiger charge is 2.26. The Kier molecular flexibility index (Phi) is 5.68. The van der Waals surface area contributed by atoms with Gasteiger partial charge in [0.25, 0.3) is 0 Å². The van der Waals surface area contributed by atoms with E-state index >= 15 is 0 Å². The zero-order valence-corrected chi connectivity index (χ0v) is 15.8. The molecular formula is C20H22N4O5. The second-order valence-corrected chi connectivity index (χ2v) is 6.96. The number of pyridine rings is 2. The summed E-state index contributed by atoms with van der Waals surface area (Å²) in [7, 11) is 0. The van der Waals surface area contributed by atoms with E-state index in [1.807, 2.05) is 0 Å². The molecule has 1 saturated heterocycles. The van der Waals surface area contributed by atoms with Crippen molar-refractivity contribution < 1.29 is 24.2 Å². The number of carbonyl (C=O) groups excluding carboxylic acids is 2. The number of hydrogen-bond acceptors (Lipinski definition) is 7. The van der Waals surface area contributed by atoms with Gasteiger partial charge in [0.15, 0.2) is 6.29 Å². The zero-order valence-electron chi connectivity index (χ0n) is 15.8. The molecule has 1 atom stereocenters. The van der Waals surface area contributed by atoms with Crippen LogP contribution in [-0.2, 0) is 17.8 Å². The predicted octanol–water partition coefficient (Wildman–Crippen LogP) is 1.93. The molecule has 0 bridgehead atoms. The summed E-state index contributed by atoms with van der Waals surface area (Å²) in [6, 6.07) is 4.75. The Hall–Kier alpha value is -3.04. The van der Waals surface area contributed by atoms with Crippen LogP contribution < -0.4 is 15.0 Å². The maximum Gasteiger partial charge on any atom is 0.328 e. The summed E-state index contributed by atoms with van der Waals surface area (Å²) in [4.78, 5) is 34.2. The van der Waals surface area contributed by atoms with Gasteiger partial charge in [-0.2, -0.15) is 0 Å². The molecule has 0 saturated carbocycles. The van der Waals surface area contributed by atoms with Crippen LogP contribution in [0.5, 0.6) is 5.75 Å². The molecule has 0 aliphatic carbocycles. The molecule has 2 aromatic rings. The van der Waals surface area contributed by atoms with Gasteiger partial charge in [0.2, 0.25) is 0 Å². The monoisotopic (exact) mass is 398 g/mol. The number of amides is 2. The van der Waals surface area contributed by atoms with Gasteiger partial charge in [0.05, 0.1) is 19.8 Å². The Labute approximate surface area is 167 Å². The fourth-order valence-corrected chi connectivity index (χ4v) is 3.51. The number of nitrogens with one attached hydrogen (secondary N) is 1. The standard InChI is InChI=1S/C20H22N4O5/c25-10-14-8-13-2-1-6-24(19(13)22-17(14)11-26)20(27)23-18-9-15(3-5-21-18)29-16-4-7-28-12-16/h3,5,8-9,11,16,25H,1-2,4,6-7,10,12H2,(H,21,23,27)/t16-/m1/s1. The van der Waals surface area contributed by atoms with E-state index in [4.69, 9.17) is 9.47 Å². The van der Waals surface area contributed by atoms with Crippen LogP contribution in [0.4, 0.5) is 16.4 Å². The van der Waals surface area contributed by atoms with Crippen LogP contribution in [0.15, 0.2) is 24.4 Å². The molecule has 0 unspecified atom stereocenters. The minimum Gasteiger partial charge on any atom is -0.488 e. The summed E-state index contributed by atoms with van der Waals surface area (Å²) >= 11 is 0. The summed E-state index contributed by atoms with van der Waals surface area (Å²) in [6.07, 6.45) is 4.47. The van der Waals surface area contributed by atoms with E-state index in [-0.39, 0.29) is 24.4 Å². The largest absolute Gasteiger partial charge is 0.488 e.